The summed E-state index contributed by atoms with van der Waals surface area (Å²) in [4.78, 5) is 11.7. The van der Waals surface area contributed by atoms with E-state index in [0.717, 1.165) is 0 Å². The monoisotopic (exact) mass is 293 g/mol. The van der Waals surface area contributed by atoms with Gasteiger partial charge in [0.1, 0.15) is 11.4 Å². The zero-order chi connectivity index (χ0) is 15.6. The summed E-state index contributed by atoms with van der Waals surface area (Å²) in [6, 6.07) is 5.44. The van der Waals surface area contributed by atoms with E-state index in [0.29, 0.717) is 5.69 Å². The number of aromatic nitrogens is 1. The first-order valence-corrected chi connectivity index (χ1v) is 6.27. The number of halogens is 1. The van der Waals surface area contributed by atoms with Crippen molar-refractivity contribution >= 4 is 17.6 Å². The Labute approximate surface area is 121 Å². The van der Waals surface area contributed by atoms with E-state index in [9.17, 15) is 9.18 Å². The van der Waals surface area contributed by atoms with Crippen molar-refractivity contribution in [1.82, 2.24) is 5.16 Å². The predicted molar refractivity (Wildman–Crippen MR) is 76.2 cm³/mol. The normalized spacial score (nSPS) is 11.2. The van der Waals surface area contributed by atoms with Gasteiger partial charge in [-0.15, -0.1) is 0 Å². The van der Waals surface area contributed by atoms with Gasteiger partial charge in [-0.2, -0.15) is 0 Å². The molecule has 0 aliphatic heterocycles. The van der Waals surface area contributed by atoms with E-state index in [1.54, 1.807) is 20.8 Å². The van der Waals surface area contributed by atoms with Gasteiger partial charge in [-0.1, -0.05) is 5.16 Å². The lowest BCUT2D eigenvalue weighted by Gasteiger charge is -2.19. The Morgan fingerprint density at radius 3 is 2.67 bits per heavy atom. The second-order valence-corrected chi connectivity index (χ2v) is 5.44. The molecule has 0 aliphatic rings. The van der Waals surface area contributed by atoms with E-state index in [2.05, 4.69) is 10.5 Å². The molecular weight excluding hydrogens is 277 g/mol. The molecular formula is C14H16FN3O3. The van der Waals surface area contributed by atoms with E-state index in [-0.39, 0.29) is 17.1 Å². The Morgan fingerprint density at radius 1 is 1.38 bits per heavy atom. The molecule has 7 heteroatoms. The van der Waals surface area contributed by atoms with Crippen molar-refractivity contribution in [1.29, 1.82) is 0 Å². The lowest BCUT2D eigenvalue weighted by Crippen LogP contribution is -2.27. The Balaban J connectivity index is 2.21. The van der Waals surface area contributed by atoms with Crippen molar-refractivity contribution in [3.63, 3.8) is 0 Å². The van der Waals surface area contributed by atoms with Crippen molar-refractivity contribution in [2.45, 2.75) is 26.4 Å². The third kappa shape index (κ3) is 3.95. The molecule has 21 heavy (non-hydrogen) atoms. The molecule has 0 atom stereocenters. The summed E-state index contributed by atoms with van der Waals surface area (Å²) in [5.41, 5.74) is 5.34. The number of nitrogens with two attached hydrogens (primary N) is 1. The van der Waals surface area contributed by atoms with Gasteiger partial charge in [0.2, 0.25) is 0 Å². The quantitative estimate of drug-likeness (QED) is 0.885. The molecule has 0 bridgehead atoms. The molecule has 0 spiro atoms. The number of carbonyl (C=O) groups excluding carboxylic acids is 1. The van der Waals surface area contributed by atoms with Gasteiger partial charge in [-0.25, -0.2) is 9.18 Å². The summed E-state index contributed by atoms with van der Waals surface area (Å²) in [6.07, 6.45) is -0.628. The predicted octanol–water partition coefficient (Wildman–Crippen LogP) is 3.41. The first-order valence-electron chi connectivity index (χ1n) is 6.27. The highest BCUT2D eigenvalue weighted by molar-refractivity contribution is 5.86. The molecule has 0 aliphatic carbocycles. The van der Waals surface area contributed by atoms with E-state index >= 15 is 0 Å². The Bertz CT molecular complexity index is 662. The summed E-state index contributed by atoms with van der Waals surface area (Å²) in [6.45, 7) is 5.25. The van der Waals surface area contributed by atoms with E-state index in [1.807, 2.05) is 0 Å². The van der Waals surface area contributed by atoms with Crippen molar-refractivity contribution in [2.75, 3.05) is 11.1 Å². The van der Waals surface area contributed by atoms with Gasteiger partial charge in [0.25, 0.3) is 0 Å². The first-order chi connectivity index (χ1) is 9.74. The summed E-state index contributed by atoms with van der Waals surface area (Å²) in [7, 11) is 0. The number of amides is 1. The summed E-state index contributed by atoms with van der Waals surface area (Å²) in [5.74, 6) is -0.186. The van der Waals surface area contributed by atoms with Gasteiger partial charge in [-0.05, 0) is 39.0 Å². The molecule has 1 aromatic heterocycles. The molecule has 6 nitrogen and oxygen atoms in total. The lowest BCUT2D eigenvalue weighted by atomic mass is 10.1. The number of nitrogens with zero attached hydrogens (tertiary/aromatic N) is 1. The second-order valence-electron chi connectivity index (χ2n) is 5.44. The molecule has 0 radical (unpaired) electrons. The number of carbonyl (C=O) groups is 1. The number of ether oxygens (including phenoxy) is 1. The van der Waals surface area contributed by atoms with Gasteiger partial charge in [0, 0.05) is 11.8 Å². The minimum atomic E-state index is -0.628. The average Bonchev–Trinajstić information content (AvgIpc) is 2.76. The molecule has 112 valence electrons. The topological polar surface area (TPSA) is 90.4 Å². The fourth-order valence-corrected chi connectivity index (χ4v) is 1.63. The molecule has 1 amide bonds. The number of hydrogen-bond acceptors (Lipinski definition) is 5. The molecule has 0 fully saturated rings. The maximum atomic E-state index is 13.8. The molecule has 2 rings (SSSR count). The largest absolute Gasteiger partial charge is 0.444 e. The van der Waals surface area contributed by atoms with Crippen LogP contribution in [0.5, 0.6) is 0 Å². The maximum Gasteiger partial charge on any atom is 0.412 e. The average molecular weight is 293 g/mol. The Kier molecular flexibility index (Phi) is 3.84. The van der Waals surface area contributed by atoms with Crippen LogP contribution in [0.1, 0.15) is 20.8 Å². The van der Waals surface area contributed by atoms with Gasteiger partial charge >= 0.3 is 6.09 Å². The lowest BCUT2D eigenvalue weighted by molar-refractivity contribution is 0.0636. The molecule has 2 aromatic rings. The molecule has 0 saturated heterocycles. The van der Waals surface area contributed by atoms with Crippen LogP contribution in [0.4, 0.5) is 20.7 Å². The molecule has 0 saturated carbocycles. The number of hydrogen-bond donors (Lipinski definition) is 2. The highest BCUT2D eigenvalue weighted by Gasteiger charge is 2.17. The molecule has 3 N–H and O–H groups in total. The van der Waals surface area contributed by atoms with Crippen LogP contribution >= 0.6 is 0 Å². The third-order valence-electron chi connectivity index (χ3n) is 2.41. The van der Waals surface area contributed by atoms with Gasteiger partial charge in [0.05, 0.1) is 5.56 Å². The fraction of sp³-hybridized carbons (Fsp3) is 0.286. The van der Waals surface area contributed by atoms with Crippen LogP contribution in [-0.4, -0.2) is 16.9 Å². The maximum absolute atomic E-state index is 13.8. The van der Waals surface area contributed by atoms with Crippen LogP contribution in [0.2, 0.25) is 0 Å². The highest BCUT2D eigenvalue weighted by Crippen LogP contribution is 2.27. The number of rotatable bonds is 2. The van der Waals surface area contributed by atoms with E-state index in [1.165, 1.54) is 24.3 Å². The van der Waals surface area contributed by atoms with Crippen molar-refractivity contribution < 1.29 is 18.4 Å². The summed E-state index contributed by atoms with van der Waals surface area (Å²) < 4.78 is 23.8. The third-order valence-corrected chi connectivity index (χ3v) is 2.41. The smallest absolute Gasteiger partial charge is 0.412 e. The number of anilines is 2. The minimum absolute atomic E-state index is 0.146. The van der Waals surface area contributed by atoms with Crippen molar-refractivity contribution in [3.05, 3.63) is 30.1 Å². The van der Waals surface area contributed by atoms with Crippen LogP contribution in [0, 0.1) is 5.82 Å². The number of nitrogens with one attached hydrogen (secondary N) is 1. The molecule has 1 aromatic carbocycles. The zero-order valence-electron chi connectivity index (χ0n) is 11.9. The van der Waals surface area contributed by atoms with E-state index in [4.69, 9.17) is 15.0 Å². The minimum Gasteiger partial charge on any atom is -0.444 e. The Morgan fingerprint density at radius 2 is 2.10 bits per heavy atom. The van der Waals surface area contributed by atoms with Crippen LogP contribution in [0.3, 0.4) is 0 Å². The van der Waals surface area contributed by atoms with Crippen LogP contribution < -0.4 is 11.1 Å². The Hall–Kier alpha value is -2.57. The van der Waals surface area contributed by atoms with Crippen LogP contribution in [0.25, 0.3) is 11.3 Å². The van der Waals surface area contributed by atoms with Crippen LogP contribution in [-0.2, 0) is 4.74 Å². The molecule has 1 heterocycles. The van der Waals surface area contributed by atoms with E-state index < -0.39 is 17.5 Å². The standard InChI is InChI=1S/C14H16FN3O3/c1-14(2,3)20-13(19)17-8-4-5-10(15)9(6-8)11-7-12(16)18-21-11/h4-7H,1-3H3,(H2,16,18)(H,17,19). The van der Waals surface area contributed by atoms with Gasteiger partial charge in [0.15, 0.2) is 11.6 Å². The SMILES string of the molecule is CC(C)(C)OC(=O)Nc1ccc(F)c(-c2cc(N)no2)c1. The van der Waals surface area contributed by atoms with Crippen molar-refractivity contribution in [2.24, 2.45) is 0 Å². The molecule has 0 unspecified atom stereocenters. The number of nitrogen functional groups attached to an aromatic ring is 1. The van der Waals surface area contributed by atoms with Crippen LogP contribution in [0.15, 0.2) is 28.8 Å². The summed E-state index contributed by atoms with van der Waals surface area (Å²) in [5, 5.41) is 6.02. The van der Waals surface area contributed by atoms with Crippen molar-refractivity contribution in [3.8, 4) is 11.3 Å². The van der Waals surface area contributed by atoms with Gasteiger partial charge < -0.3 is 15.0 Å². The zero-order valence-corrected chi connectivity index (χ0v) is 11.9. The first kappa shape index (κ1) is 14.8. The number of benzene rings is 1. The second kappa shape index (κ2) is 5.43. The highest BCUT2D eigenvalue weighted by atomic mass is 19.1. The fourth-order valence-electron chi connectivity index (χ4n) is 1.63. The summed E-state index contributed by atoms with van der Waals surface area (Å²) >= 11 is 0. The van der Waals surface area contributed by atoms with Gasteiger partial charge in [-0.3, -0.25) is 5.32 Å².